The summed E-state index contributed by atoms with van der Waals surface area (Å²) in [6, 6.07) is 0. The lowest BCUT2D eigenvalue weighted by atomic mass is 9.91. The summed E-state index contributed by atoms with van der Waals surface area (Å²) >= 11 is 0. The molecule has 1 rings (SSSR count). The zero-order valence-corrected chi connectivity index (χ0v) is 14.0. The molecule has 1 fully saturated rings. The van der Waals surface area contributed by atoms with Crippen LogP contribution in [0.3, 0.4) is 0 Å². The number of hydrogen-bond acceptors (Lipinski definition) is 6. The van der Waals surface area contributed by atoms with Gasteiger partial charge >= 0.3 is 11.9 Å². The largest absolute Gasteiger partial charge is 0.466 e. The van der Waals surface area contributed by atoms with Crippen LogP contribution in [0.2, 0.25) is 0 Å². The number of carbonyl (C=O) groups excluding carboxylic acids is 3. The van der Waals surface area contributed by atoms with Crippen LogP contribution in [0.4, 0.5) is 0 Å². The number of ketones is 1. The summed E-state index contributed by atoms with van der Waals surface area (Å²) in [5, 5.41) is 1.67. The van der Waals surface area contributed by atoms with Crippen molar-refractivity contribution in [3.63, 3.8) is 0 Å². The molecular weight excluding hydrogens is 286 g/mol. The molecule has 0 amide bonds. The van der Waals surface area contributed by atoms with E-state index in [4.69, 9.17) is 9.57 Å². The fraction of sp³-hybridized carbons (Fsp3) is 0.812. The quantitative estimate of drug-likeness (QED) is 0.552. The van der Waals surface area contributed by atoms with Gasteiger partial charge in [-0.2, -0.15) is 0 Å². The van der Waals surface area contributed by atoms with Crippen molar-refractivity contribution in [1.29, 1.82) is 0 Å². The topological polar surface area (TPSA) is 72.9 Å². The molecule has 22 heavy (non-hydrogen) atoms. The van der Waals surface area contributed by atoms with Crippen molar-refractivity contribution >= 4 is 17.7 Å². The lowest BCUT2D eigenvalue weighted by molar-refractivity contribution is -0.206. The molecule has 0 spiro atoms. The van der Waals surface area contributed by atoms with Crippen molar-refractivity contribution in [2.24, 2.45) is 11.3 Å². The van der Waals surface area contributed by atoms with Crippen molar-refractivity contribution in [3.8, 4) is 0 Å². The Morgan fingerprint density at radius 3 is 2.23 bits per heavy atom. The van der Waals surface area contributed by atoms with E-state index in [2.05, 4.69) is 0 Å². The van der Waals surface area contributed by atoms with Gasteiger partial charge in [0.05, 0.1) is 12.0 Å². The molecule has 1 saturated heterocycles. The fourth-order valence-electron chi connectivity index (χ4n) is 2.23. The number of Topliss-reactive ketones (excluding diaryl/α,β-unsaturated/α-hetero) is 1. The number of nitrogens with zero attached hydrogens (tertiary/aromatic N) is 1. The number of esters is 1. The maximum Gasteiger partial charge on any atom is 0.330 e. The van der Waals surface area contributed by atoms with E-state index < -0.39 is 11.4 Å². The molecule has 1 heterocycles. The lowest BCUT2D eigenvalue weighted by Gasteiger charge is -2.31. The Hall–Kier alpha value is -1.43. The monoisotopic (exact) mass is 313 g/mol. The van der Waals surface area contributed by atoms with E-state index in [1.807, 2.05) is 20.8 Å². The minimum absolute atomic E-state index is 0.0800. The van der Waals surface area contributed by atoms with E-state index >= 15 is 0 Å². The Labute approximate surface area is 132 Å². The summed E-state index contributed by atoms with van der Waals surface area (Å²) in [6.07, 6.45) is 1.81. The van der Waals surface area contributed by atoms with Crippen LogP contribution in [-0.4, -0.2) is 42.5 Å². The van der Waals surface area contributed by atoms with Gasteiger partial charge in [-0.3, -0.25) is 9.59 Å². The average molecular weight is 313 g/mol. The molecule has 1 aliphatic heterocycles. The zero-order chi connectivity index (χ0) is 16.8. The summed E-state index contributed by atoms with van der Waals surface area (Å²) < 4.78 is 4.77. The fourth-order valence-corrected chi connectivity index (χ4v) is 2.23. The first-order chi connectivity index (χ1) is 10.2. The smallest absolute Gasteiger partial charge is 0.330 e. The molecule has 0 saturated carbocycles. The first kappa shape index (κ1) is 18.6. The van der Waals surface area contributed by atoms with E-state index in [1.165, 1.54) is 0 Å². The normalized spacial score (nSPS) is 17.1. The molecule has 1 aliphatic rings. The second-order valence-electron chi connectivity index (χ2n) is 6.73. The van der Waals surface area contributed by atoms with Crippen LogP contribution < -0.4 is 0 Å². The van der Waals surface area contributed by atoms with Crippen molar-refractivity contribution in [2.45, 2.75) is 53.4 Å². The molecule has 0 unspecified atom stereocenters. The number of hydroxylamine groups is 2. The van der Waals surface area contributed by atoms with Crippen molar-refractivity contribution < 1.29 is 24.0 Å². The zero-order valence-electron chi connectivity index (χ0n) is 14.0. The molecule has 0 radical (unpaired) electrons. The molecule has 126 valence electrons. The number of hydrogen-bond donors (Lipinski definition) is 0. The Bertz CT molecular complexity index is 405. The minimum atomic E-state index is -0.521. The Kier molecular flexibility index (Phi) is 7.00. The van der Waals surface area contributed by atoms with Gasteiger partial charge in [0.2, 0.25) is 0 Å². The van der Waals surface area contributed by atoms with Gasteiger partial charge < -0.3 is 9.57 Å². The predicted octanol–water partition coefficient (Wildman–Crippen LogP) is 2.12. The van der Waals surface area contributed by atoms with Crippen LogP contribution in [0.1, 0.15) is 53.4 Å². The third-order valence-corrected chi connectivity index (χ3v) is 3.56. The standard InChI is InChI=1S/C16H27NO5/c1-5-21-14(19)11-13(18)10-12-6-8-17(9-7-12)22-15(20)16(2,3)4/h12H,5-11H2,1-4H3. The second-order valence-corrected chi connectivity index (χ2v) is 6.73. The highest BCUT2D eigenvalue weighted by Gasteiger charge is 2.29. The predicted molar refractivity (Wildman–Crippen MR) is 80.7 cm³/mol. The van der Waals surface area contributed by atoms with Crippen molar-refractivity contribution in [2.75, 3.05) is 19.7 Å². The van der Waals surface area contributed by atoms with Crippen LogP contribution in [0, 0.1) is 11.3 Å². The van der Waals surface area contributed by atoms with Crippen LogP contribution in [0.25, 0.3) is 0 Å². The molecule has 0 N–H and O–H groups in total. The highest BCUT2D eigenvalue weighted by Crippen LogP contribution is 2.23. The van der Waals surface area contributed by atoms with Crippen LogP contribution in [0.15, 0.2) is 0 Å². The number of carbonyl (C=O) groups is 3. The Morgan fingerprint density at radius 2 is 1.73 bits per heavy atom. The van der Waals surface area contributed by atoms with Gasteiger partial charge in [-0.05, 0) is 46.5 Å². The van der Waals surface area contributed by atoms with Gasteiger partial charge in [-0.25, -0.2) is 4.79 Å². The SMILES string of the molecule is CCOC(=O)CC(=O)CC1CCN(OC(=O)C(C)(C)C)CC1. The third-order valence-electron chi connectivity index (χ3n) is 3.56. The lowest BCUT2D eigenvalue weighted by Crippen LogP contribution is -2.39. The van der Waals surface area contributed by atoms with Crippen LogP contribution in [-0.2, 0) is 24.0 Å². The van der Waals surface area contributed by atoms with Crippen LogP contribution in [0.5, 0.6) is 0 Å². The summed E-state index contributed by atoms with van der Waals surface area (Å²) in [6.45, 7) is 8.71. The van der Waals surface area contributed by atoms with Gasteiger partial charge in [-0.1, -0.05) is 0 Å². The molecule has 0 aromatic rings. The van der Waals surface area contributed by atoms with E-state index in [9.17, 15) is 14.4 Å². The minimum Gasteiger partial charge on any atom is -0.466 e. The molecular formula is C16H27NO5. The maximum atomic E-state index is 11.8. The second kappa shape index (κ2) is 8.27. The van der Waals surface area contributed by atoms with Crippen LogP contribution >= 0.6 is 0 Å². The van der Waals surface area contributed by atoms with Crippen molar-refractivity contribution in [3.05, 3.63) is 0 Å². The Morgan fingerprint density at radius 1 is 1.14 bits per heavy atom. The highest BCUT2D eigenvalue weighted by molar-refractivity contribution is 5.95. The highest BCUT2D eigenvalue weighted by atomic mass is 16.7. The maximum absolute atomic E-state index is 11.8. The molecule has 6 heteroatoms. The van der Waals surface area contributed by atoms with E-state index in [0.717, 1.165) is 12.8 Å². The molecule has 0 bridgehead atoms. The molecule has 0 atom stereocenters. The third kappa shape index (κ3) is 6.56. The van der Waals surface area contributed by atoms with Gasteiger partial charge in [0, 0.05) is 19.5 Å². The number of ether oxygens (including phenoxy) is 1. The summed E-state index contributed by atoms with van der Waals surface area (Å²) in [7, 11) is 0. The van der Waals surface area contributed by atoms with E-state index in [1.54, 1.807) is 12.0 Å². The van der Waals surface area contributed by atoms with Crippen molar-refractivity contribution in [1.82, 2.24) is 5.06 Å². The Balaban J connectivity index is 2.29. The summed E-state index contributed by atoms with van der Waals surface area (Å²) in [4.78, 5) is 40.2. The summed E-state index contributed by atoms with van der Waals surface area (Å²) in [5.74, 6) is -0.538. The number of piperidine rings is 1. The molecule has 0 aromatic carbocycles. The molecule has 0 aromatic heterocycles. The first-order valence-corrected chi connectivity index (χ1v) is 7.87. The van der Waals surface area contributed by atoms with Gasteiger partial charge in [0.25, 0.3) is 0 Å². The van der Waals surface area contributed by atoms with Gasteiger partial charge in [0.1, 0.15) is 12.2 Å². The van der Waals surface area contributed by atoms with Gasteiger partial charge in [0.15, 0.2) is 0 Å². The molecule has 0 aliphatic carbocycles. The van der Waals surface area contributed by atoms with E-state index in [0.29, 0.717) is 26.1 Å². The number of rotatable bonds is 6. The summed E-state index contributed by atoms with van der Waals surface area (Å²) in [5.41, 5.74) is -0.521. The van der Waals surface area contributed by atoms with Gasteiger partial charge in [-0.15, -0.1) is 5.06 Å². The first-order valence-electron chi connectivity index (χ1n) is 7.87. The van der Waals surface area contributed by atoms with E-state index in [-0.39, 0.29) is 24.1 Å². The molecule has 6 nitrogen and oxygen atoms in total. The average Bonchev–Trinajstić information content (AvgIpc) is 2.39.